The Bertz CT molecular complexity index is 389. The molecule has 0 spiro atoms. The summed E-state index contributed by atoms with van der Waals surface area (Å²) in [5.74, 6) is 0. The second-order valence-electron chi connectivity index (χ2n) is 2.61. The van der Waals surface area contributed by atoms with E-state index in [2.05, 4.69) is 9.97 Å². The molecule has 2 rings (SSSR count). The molecule has 0 bridgehead atoms. The fourth-order valence-electron chi connectivity index (χ4n) is 1.17. The van der Waals surface area contributed by atoms with Crippen molar-refractivity contribution < 1.29 is 0 Å². The molecule has 2 heterocycles. The van der Waals surface area contributed by atoms with E-state index in [4.69, 9.17) is 0 Å². The van der Waals surface area contributed by atoms with Crippen LogP contribution in [0.3, 0.4) is 0 Å². The lowest BCUT2D eigenvalue weighted by atomic mass is 10.5. The van der Waals surface area contributed by atoms with E-state index in [0.717, 1.165) is 17.0 Å². The largest absolute Gasteiger partial charge is 0.301 e. The van der Waals surface area contributed by atoms with Gasteiger partial charge >= 0.3 is 0 Å². The highest BCUT2D eigenvalue weighted by Gasteiger charge is 1.99. The maximum absolute atomic E-state index is 4.22. The lowest BCUT2D eigenvalue weighted by Crippen LogP contribution is -1.91. The molecule has 0 amide bonds. The minimum atomic E-state index is 0.949. The van der Waals surface area contributed by atoms with Gasteiger partial charge in [-0.3, -0.25) is 4.98 Å². The Morgan fingerprint density at radius 2 is 2.09 bits per heavy atom. The van der Waals surface area contributed by atoms with Crippen molar-refractivity contribution in [3.05, 3.63) is 30.0 Å². The normalized spacial score (nSPS) is 10.7. The highest BCUT2D eigenvalue weighted by molar-refractivity contribution is 5.43. The van der Waals surface area contributed by atoms with E-state index >= 15 is 0 Å². The minimum Gasteiger partial charge on any atom is -0.301 e. The van der Waals surface area contributed by atoms with Gasteiger partial charge in [-0.05, 0) is 13.8 Å². The number of imidazole rings is 1. The SMILES string of the molecule is Cc1nccn2c(C)cnc12. The van der Waals surface area contributed by atoms with E-state index < -0.39 is 0 Å². The molecule has 3 heteroatoms. The number of rotatable bonds is 0. The molecule has 0 aliphatic heterocycles. The van der Waals surface area contributed by atoms with Crippen LogP contribution in [0.25, 0.3) is 5.65 Å². The third kappa shape index (κ3) is 0.808. The van der Waals surface area contributed by atoms with E-state index in [0.29, 0.717) is 0 Å². The Hall–Kier alpha value is -1.38. The molecule has 0 radical (unpaired) electrons. The van der Waals surface area contributed by atoms with Crippen LogP contribution in [-0.4, -0.2) is 14.4 Å². The lowest BCUT2D eigenvalue weighted by Gasteiger charge is -1.96. The van der Waals surface area contributed by atoms with Gasteiger partial charge < -0.3 is 4.40 Å². The molecule has 11 heavy (non-hydrogen) atoms. The first-order chi connectivity index (χ1) is 5.29. The van der Waals surface area contributed by atoms with Gasteiger partial charge in [0.2, 0.25) is 0 Å². The van der Waals surface area contributed by atoms with Crippen LogP contribution >= 0.6 is 0 Å². The molecule has 56 valence electrons. The highest BCUT2D eigenvalue weighted by Crippen LogP contribution is 2.06. The van der Waals surface area contributed by atoms with Crippen molar-refractivity contribution >= 4 is 5.65 Å². The quantitative estimate of drug-likeness (QED) is 0.563. The van der Waals surface area contributed by atoms with Crippen LogP contribution in [0.5, 0.6) is 0 Å². The zero-order valence-electron chi connectivity index (χ0n) is 6.57. The summed E-state index contributed by atoms with van der Waals surface area (Å²) in [4.78, 5) is 8.36. The van der Waals surface area contributed by atoms with Gasteiger partial charge in [0.25, 0.3) is 0 Å². The summed E-state index contributed by atoms with van der Waals surface area (Å²) < 4.78 is 2.03. The van der Waals surface area contributed by atoms with E-state index in [9.17, 15) is 0 Å². The predicted molar refractivity (Wildman–Crippen MR) is 42.5 cm³/mol. The summed E-state index contributed by atoms with van der Waals surface area (Å²) in [5.41, 5.74) is 3.07. The highest BCUT2D eigenvalue weighted by atomic mass is 15.0. The first-order valence-electron chi connectivity index (χ1n) is 3.54. The van der Waals surface area contributed by atoms with Crippen LogP contribution in [0.1, 0.15) is 11.4 Å². The second kappa shape index (κ2) is 2.05. The average molecular weight is 147 g/mol. The molecular formula is C8H9N3. The van der Waals surface area contributed by atoms with Crippen LogP contribution in [0.4, 0.5) is 0 Å². The smallest absolute Gasteiger partial charge is 0.158 e. The van der Waals surface area contributed by atoms with Crippen molar-refractivity contribution in [2.75, 3.05) is 0 Å². The van der Waals surface area contributed by atoms with Crippen molar-refractivity contribution in [2.24, 2.45) is 0 Å². The van der Waals surface area contributed by atoms with Gasteiger partial charge in [-0.1, -0.05) is 0 Å². The summed E-state index contributed by atoms with van der Waals surface area (Å²) in [6, 6.07) is 0. The summed E-state index contributed by atoms with van der Waals surface area (Å²) in [6.07, 6.45) is 5.56. The van der Waals surface area contributed by atoms with Crippen LogP contribution < -0.4 is 0 Å². The summed E-state index contributed by atoms with van der Waals surface area (Å²) in [6.45, 7) is 3.99. The van der Waals surface area contributed by atoms with Gasteiger partial charge in [0.05, 0.1) is 5.69 Å². The zero-order chi connectivity index (χ0) is 7.84. The Kier molecular flexibility index (Phi) is 1.18. The Morgan fingerprint density at radius 3 is 2.82 bits per heavy atom. The summed E-state index contributed by atoms with van der Waals surface area (Å²) in [5, 5.41) is 0. The third-order valence-corrected chi connectivity index (χ3v) is 1.79. The van der Waals surface area contributed by atoms with Crippen LogP contribution in [0, 0.1) is 13.8 Å². The minimum absolute atomic E-state index is 0.949. The van der Waals surface area contributed by atoms with Gasteiger partial charge in [-0.2, -0.15) is 0 Å². The van der Waals surface area contributed by atoms with Gasteiger partial charge in [-0.15, -0.1) is 0 Å². The molecule has 0 saturated carbocycles. The molecule has 0 aliphatic rings. The second-order valence-corrected chi connectivity index (χ2v) is 2.61. The molecule has 3 nitrogen and oxygen atoms in total. The monoisotopic (exact) mass is 147 g/mol. The Morgan fingerprint density at radius 1 is 1.27 bits per heavy atom. The average Bonchev–Trinajstić information content (AvgIpc) is 2.35. The van der Waals surface area contributed by atoms with Crippen LogP contribution in [-0.2, 0) is 0 Å². The van der Waals surface area contributed by atoms with Crippen molar-refractivity contribution in [1.29, 1.82) is 0 Å². The first-order valence-corrected chi connectivity index (χ1v) is 3.54. The van der Waals surface area contributed by atoms with Crippen molar-refractivity contribution in [3.8, 4) is 0 Å². The van der Waals surface area contributed by atoms with Crippen molar-refractivity contribution in [3.63, 3.8) is 0 Å². The molecule has 2 aromatic heterocycles. The molecule has 0 saturated heterocycles. The topological polar surface area (TPSA) is 30.2 Å². The molecule has 0 unspecified atom stereocenters. The molecule has 0 N–H and O–H groups in total. The number of hydrogen-bond acceptors (Lipinski definition) is 2. The van der Waals surface area contributed by atoms with Gasteiger partial charge in [0.15, 0.2) is 5.65 Å². The fourth-order valence-corrected chi connectivity index (χ4v) is 1.17. The fraction of sp³-hybridized carbons (Fsp3) is 0.250. The number of nitrogens with zero attached hydrogens (tertiary/aromatic N) is 3. The molecule has 0 aliphatic carbocycles. The summed E-state index contributed by atoms with van der Waals surface area (Å²) in [7, 11) is 0. The van der Waals surface area contributed by atoms with Crippen LogP contribution in [0.15, 0.2) is 18.6 Å². The Balaban J connectivity index is 2.94. The number of aryl methyl sites for hydroxylation is 2. The van der Waals surface area contributed by atoms with E-state index in [-0.39, 0.29) is 0 Å². The van der Waals surface area contributed by atoms with E-state index in [1.165, 1.54) is 0 Å². The van der Waals surface area contributed by atoms with Gasteiger partial charge in [0, 0.05) is 24.3 Å². The maximum atomic E-state index is 4.22. The lowest BCUT2D eigenvalue weighted by molar-refractivity contribution is 1.04. The third-order valence-electron chi connectivity index (χ3n) is 1.79. The van der Waals surface area contributed by atoms with Crippen LogP contribution in [0.2, 0.25) is 0 Å². The van der Waals surface area contributed by atoms with Crippen molar-refractivity contribution in [2.45, 2.75) is 13.8 Å². The Labute approximate surface area is 64.7 Å². The van der Waals surface area contributed by atoms with E-state index in [1.54, 1.807) is 6.20 Å². The van der Waals surface area contributed by atoms with Gasteiger partial charge in [-0.25, -0.2) is 4.98 Å². The standard InChI is InChI=1S/C8H9N3/c1-6-5-10-8-7(2)9-3-4-11(6)8/h3-5H,1-2H3. The van der Waals surface area contributed by atoms with Crippen molar-refractivity contribution in [1.82, 2.24) is 14.4 Å². The molecule has 0 fully saturated rings. The number of fused-ring (bicyclic) bond motifs is 1. The predicted octanol–water partition coefficient (Wildman–Crippen LogP) is 1.35. The maximum Gasteiger partial charge on any atom is 0.158 e. The molecule has 0 aromatic carbocycles. The zero-order valence-corrected chi connectivity index (χ0v) is 6.57. The molecule has 0 atom stereocenters. The number of hydrogen-bond donors (Lipinski definition) is 0. The van der Waals surface area contributed by atoms with E-state index in [1.807, 2.05) is 30.6 Å². The van der Waals surface area contributed by atoms with Gasteiger partial charge in [0.1, 0.15) is 0 Å². The number of aromatic nitrogens is 3. The molecular weight excluding hydrogens is 138 g/mol. The molecule has 2 aromatic rings. The summed E-state index contributed by atoms with van der Waals surface area (Å²) >= 11 is 0. The first kappa shape index (κ1) is 6.34.